The Labute approximate surface area is 140 Å². The number of thioether (sulfide) groups is 1. The van der Waals surface area contributed by atoms with E-state index in [9.17, 15) is 9.59 Å². The molecule has 2 amide bonds. The Morgan fingerprint density at radius 3 is 2.67 bits per heavy atom. The Bertz CT molecular complexity index is 1010. The van der Waals surface area contributed by atoms with Crippen molar-refractivity contribution in [3.05, 3.63) is 53.4 Å². The number of carbonyl (C=O) groups excluding carboxylic acids is 2. The fraction of sp³-hybridized carbons (Fsp3) is 0. The van der Waals surface area contributed by atoms with Gasteiger partial charge in [0.1, 0.15) is 11.3 Å². The van der Waals surface area contributed by atoms with Crippen LogP contribution in [0.3, 0.4) is 0 Å². The highest BCUT2D eigenvalue weighted by atomic mass is 32.2. The molecule has 1 aliphatic rings. The lowest BCUT2D eigenvalue weighted by atomic mass is 10.1. The van der Waals surface area contributed by atoms with Gasteiger partial charge >= 0.3 is 0 Å². The minimum Gasteiger partial charge on any atom is -0.456 e. The van der Waals surface area contributed by atoms with Gasteiger partial charge < -0.3 is 10.2 Å². The summed E-state index contributed by atoms with van der Waals surface area (Å²) in [5.41, 5.74) is 8.82. The molecule has 4 rings (SSSR count). The lowest BCUT2D eigenvalue weighted by Gasteiger charge is -2.02. The molecule has 2 aromatic heterocycles. The van der Waals surface area contributed by atoms with Crippen LogP contribution >= 0.6 is 11.8 Å². The third kappa shape index (κ3) is 2.55. The topological polar surface area (TPSA) is 98.2 Å². The van der Waals surface area contributed by atoms with E-state index in [0.29, 0.717) is 21.9 Å². The standard InChI is InChI=1S/C17H11N3O3S/c18-11-3-1-9(2-4-11)13-8-19-7-10-5-12(23-15(10)13)6-14-16(21)20-17(22)24-14/h1-8H,18H2,(H,20,21,22). The normalized spacial score (nSPS) is 16.1. The molecule has 24 heavy (non-hydrogen) atoms. The third-order valence-electron chi connectivity index (χ3n) is 3.58. The van der Waals surface area contributed by atoms with E-state index < -0.39 is 5.91 Å². The molecule has 0 atom stereocenters. The molecule has 6 nitrogen and oxygen atoms in total. The molecule has 1 saturated heterocycles. The maximum Gasteiger partial charge on any atom is 0.290 e. The van der Waals surface area contributed by atoms with Gasteiger partial charge in [0.2, 0.25) is 0 Å². The number of furan rings is 1. The number of aromatic nitrogens is 1. The van der Waals surface area contributed by atoms with Gasteiger partial charge in [0.15, 0.2) is 0 Å². The van der Waals surface area contributed by atoms with Gasteiger partial charge in [-0.25, -0.2) is 0 Å². The van der Waals surface area contributed by atoms with E-state index in [-0.39, 0.29) is 5.24 Å². The van der Waals surface area contributed by atoms with Crippen molar-refractivity contribution >= 4 is 45.6 Å². The van der Waals surface area contributed by atoms with Crippen molar-refractivity contribution < 1.29 is 14.0 Å². The summed E-state index contributed by atoms with van der Waals surface area (Å²) in [5, 5.41) is 2.64. The Kier molecular flexibility index (Phi) is 3.35. The van der Waals surface area contributed by atoms with Gasteiger partial charge in [-0.05, 0) is 35.5 Å². The molecule has 0 saturated carbocycles. The number of benzene rings is 1. The van der Waals surface area contributed by atoms with Gasteiger partial charge in [-0.15, -0.1) is 0 Å². The van der Waals surface area contributed by atoms with Crippen LogP contribution in [0.1, 0.15) is 5.76 Å². The Morgan fingerprint density at radius 1 is 1.17 bits per heavy atom. The summed E-state index contributed by atoms with van der Waals surface area (Å²) in [6, 6.07) is 9.19. The second-order valence-corrected chi connectivity index (χ2v) is 6.24. The summed E-state index contributed by atoms with van der Waals surface area (Å²) in [6.07, 6.45) is 4.96. The fourth-order valence-corrected chi connectivity index (χ4v) is 3.13. The van der Waals surface area contributed by atoms with Gasteiger partial charge in [-0.3, -0.25) is 19.9 Å². The molecule has 0 unspecified atom stereocenters. The molecule has 7 heteroatoms. The van der Waals surface area contributed by atoms with E-state index in [1.807, 2.05) is 24.3 Å². The quantitative estimate of drug-likeness (QED) is 0.549. The highest BCUT2D eigenvalue weighted by Gasteiger charge is 2.25. The number of fused-ring (bicyclic) bond motifs is 1. The van der Waals surface area contributed by atoms with Gasteiger partial charge in [0.25, 0.3) is 11.1 Å². The molecule has 3 aromatic rings. The van der Waals surface area contributed by atoms with Gasteiger partial charge in [0, 0.05) is 35.1 Å². The first-order valence-electron chi connectivity index (χ1n) is 7.08. The molecule has 0 spiro atoms. The first kappa shape index (κ1) is 14.5. The van der Waals surface area contributed by atoms with E-state index in [2.05, 4.69) is 10.3 Å². The number of hydrogen-bond acceptors (Lipinski definition) is 6. The molecule has 0 bridgehead atoms. The Balaban J connectivity index is 1.80. The zero-order chi connectivity index (χ0) is 16.7. The highest BCUT2D eigenvalue weighted by molar-refractivity contribution is 8.18. The molecular weight excluding hydrogens is 326 g/mol. The number of anilines is 1. The van der Waals surface area contributed by atoms with E-state index >= 15 is 0 Å². The SMILES string of the molecule is Nc1ccc(-c2cncc3cc(C=C4SC(=O)NC4=O)oc23)cc1. The van der Waals surface area contributed by atoms with Crippen molar-refractivity contribution in [2.24, 2.45) is 0 Å². The largest absolute Gasteiger partial charge is 0.456 e. The number of pyridine rings is 1. The Hall–Kier alpha value is -3.06. The molecule has 3 N–H and O–H groups in total. The summed E-state index contributed by atoms with van der Waals surface area (Å²) >= 11 is 0.853. The van der Waals surface area contributed by atoms with Crippen LogP contribution in [0.15, 0.2) is 52.0 Å². The maximum atomic E-state index is 11.6. The first-order chi connectivity index (χ1) is 11.6. The predicted octanol–water partition coefficient (Wildman–Crippen LogP) is 3.40. The van der Waals surface area contributed by atoms with Crippen molar-refractivity contribution in [1.82, 2.24) is 10.3 Å². The number of amides is 2. The Morgan fingerprint density at radius 2 is 1.96 bits per heavy atom. The van der Waals surface area contributed by atoms with Crippen molar-refractivity contribution in [3.63, 3.8) is 0 Å². The average Bonchev–Trinajstić information content (AvgIpc) is 3.10. The van der Waals surface area contributed by atoms with Crippen LogP contribution in [0.2, 0.25) is 0 Å². The summed E-state index contributed by atoms with van der Waals surface area (Å²) in [4.78, 5) is 27.4. The summed E-state index contributed by atoms with van der Waals surface area (Å²) in [5.74, 6) is 0.0735. The summed E-state index contributed by atoms with van der Waals surface area (Å²) in [6.45, 7) is 0. The van der Waals surface area contributed by atoms with Crippen LogP contribution in [0.5, 0.6) is 0 Å². The van der Waals surface area contributed by atoms with Crippen molar-refractivity contribution in [2.75, 3.05) is 5.73 Å². The van der Waals surface area contributed by atoms with Crippen LogP contribution in [-0.4, -0.2) is 16.1 Å². The zero-order valence-electron chi connectivity index (χ0n) is 12.3. The van der Waals surface area contributed by atoms with Crippen LogP contribution < -0.4 is 11.1 Å². The minimum absolute atomic E-state index is 0.307. The van der Waals surface area contributed by atoms with E-state index in [1.165, 1.54) is 0 Å². The number of nitrogens with two attached hydrogens (primary N) is 1. The van der Waals surface area contributed by atoms with E-state index in [1.54, 1.807) is 24.5 Å². The van der Waals surface area contributed by atoms with E-state index in [4.69, 9.17) is 10.2 Å². The number of imide groups is 1. The fourth-order valence-electron chi connectivity index (χ4n) is 2.47. The monoisotopic (exact) mass is 337 g/mol. The second kappa shape index (κ2) is 5.54. The van der Waals surface area contributed by atoms with Crippen LogP contribution in [-0.2, 0) is 4.79 Å². The smallest absolute Gasteiger partial charge is 0.290 e. The van der Waals surface area contributed by atoms with E-state index in [0.717, 1.165) is 28.3 Å². The summed E-state index contributed by atoms with van der Waals surface area (Å²) in [7, 11) is 0. The van der Waals surface area contributed by atoms with Crippen molar-refractivity contribution in [2.45, 2.75) is 0 Å². The molecule has 1 aliphatic heterocycles. The molecule has 1 aromatic carbocycles. The molecule has 3 heterocycles. The first-order valence-corrected chi connectivity index (χ1v) is 7.90. The summed E-state index contributed by atoms with van der Waals surface area (Å²) < 4.78 is 5.88. The molecule has 1 fully saturated rings. The lowest BCUT2D eigenvalue weighted by molar-refractivity contribution is -0.115. The lowest BCUT2D eigenvalue weighted by Crippen LogP contribution is -2.17. The molecular formula is C17H11N3O3S. The second-order valence-electron chi connectivity index (χ2n) is 5.23. The molecule has 0 radical (unpaired) electrons. The van der Waals surface area contributed by atoms with Crippen molar-refractivity contribution in [1.29, 1.82) is 0 Å². The van der Waals surface area contributed by atoms with Crippen LogP contribution in [0, 0.1) is 0 Å². The zero-order valence-corrected chi connectivity index (χ0v) is 13.1. The van der Waals surface area contributed by atoms with Crippen LogP contribution in [0.25, 0.3) is 28.2 Å². The molecule has 118 valence electrons. The number of hydrogen-bond donors (Lipinski definition) is 2. The molecule has 0 aliphatic carbocycles. The highest BCUT2D eigenvalue weighted by Crippen LogP contribution is 2.32. The third-order valence-corrected chi connectivity index (χ3v) is 4.39. The van der Waals surface area contributed by atoms with Gasteiger partial charge in [-0.2, -0.15) is 0 Å². The number of nitrogen functional groups attached to an aromatic ring is 1. The minimum atomic E-state index is -0.415. The van der Waals surface area contributed by atoms with Gasteiger partial charge in [-0.1, -0.05) is 12.1 Å². The average molecular weight is 337 g/mol. The number of nitrogens with one attached hydrogen (secondary N) is 1. The number of rotatable bonds is 2. The number of nitrogens with zero attached hydrogens (tertiary/aromatic N) is 1. The number of carbonyl (C=O) groups is 2. The predicted molar refractivity (Wildman–Crippen MR) is 93.0 cm³/mol. The van der Waals surface area contributed by atoms with Gasteiger partial charge in [0.05, 0.1) is 4.91 Å². The maximum absolute atomic E-state index is 11.6. The van der Waals surface area contributed by atoms with Crippen LogP contribution in [0.4, 0.5) is 10.5 Å². The van der Waals surface area contributed by atoms with Crippen molar-refractivity contribution in [3.8, 4) is 11.1 Å².